The molecule has 2 fully saturated rings. The fourth-order valence-corrected chi connectivity index (χ4v) is 5.82. The quantitative estimate of drug-likeness (QED) is 0.762. The molecule has 2 aromatic rings. The van der Waals surface area contributed by atoms with Gasteiger partial charge in [0.25, 0.3) is 5.91 Å². The molecule has 0 radical (unpaired) electrons. The molecule has 0 spiro atoms. The molecule has 0 aromatic heterocycles. The van der Waals surface area contributed by atoms with Crippen molar-refractivity contribution in [1.82, 2.24) is 15.5 Å². The van der Waals surface area contributed by atoms with Gasteiger partial charge in [0, 0.05) is 12.6 Å². The Balaban J connectivity index is 1.49. The Hall–Kier alpha value is -2.37. The number of carbonyl (C=O) groups excluding carboxylic acids is 2. The third-order valence-corrected chi connectivity index (χ3v) is 7.47. The van der Waals surface area contributed by atoms with E-state index in [2.05, 4.69) is 10.6 Å². The highest BCUT2D eigenvalue weighted by molar-refractivity contribution is 6.34. The van der Waals surface area contributed by atoms with Gasteiger partial charge in [0.15, 0.2) is 0 Å². The first-order valence-corrected chi connectivity index (χ1v) is 11.6. The van der Waals surface area contributed by atoms with Crippen molar-refractivity contribution in [3.63, 3.8) is 0 Å². The van der Waals surface area contributed by atoms with Gasteiger partial charge in [0.05, 0.1) is 28.6 Å². The monoisotopic (exact) mass is 437 g/mol. The van der Waals surface area contributed by atoms with Gasteiger partial charge in [-0.25, -0.2) is 0 Å². The van der Waals surface area contributed by atoms with Gasteiger partial charge in [-0.2, -0.15) is 0 Å². The Kier molecular flexibility index (Phi) is 5.49. The van der Waals surface area contributed by atoms with Crippen molar-refractivity contribution in [2.75, 3.05) is 13.1 Å². The number of benzene rings is 2. The standard InChI is InChI=1S/C25H28ClN3O2/c1-15(16-6-3-2-4-7-16)28-24(30)23-19(26)10-9-17-11-13-29-21(22(17)23)14-20-18(25(29)31)8-5-12-27-20/h2-4,6-7,9-10,15,18,20-21,27H,5,8,11-14H2,1H3,(H,28,30)/t15-,18-,20-,21+/m1/s1. The molecule has 3 aliphatic heterocycles. The Morgan fingerprint density at radius 2 is 2.03 bits per heavy atom. The van der Waals surface area contributed by atoms with Crippen LogP contribution in [0.3, 0.4) is 0 Å². The van der Waals surface area contributed by atoms with Crippen LogP contribution in [0.1, 0.15) is 65.3 Å². The third kappa shape index (κ3) is 3.64. The number of carbonyl (C=O) groups is 2. The number of halogens is 1. The second-order valence-corrected chi connectivity index (χ2v) is 9.35. The van der Waals surface area contributed by atoms with Crippen molar-refractivity contribution < 1.29 is 9.59 Å². The van der Waals surface area contributed by atoms with Crippen LogP contribution >= 0.6 is 11.6 Å². The van der Waals surface area contributed by atoms with Gasteiger partial charge in [0.1, 0.15) is 0 Å². The zero-order valence-corrected chi connectivity index (χ0v) is 18.5. The van der Waals surface area contributed by atoms with Crippen LogP contribution < -0.4 is 10.6 Å². The van der Waals surface area contributed by atoms with Crippen molar-refractivity contribution in [2.45, 2.75) is 50.7 Å². The van der Waals surface area contributed by atoms with E-state index in [0.29, 0.717) is 17.1 Å². The van der Waals surface area contributed by atoms with E-state index < -0.39 is 0 Å². The maximum Gasteiger partial charge on any atom is 0.253 e. The first-order chi connectivity index (χ1) is 15.0. The summed E-state index contributed by atoms with van der Waals surface area (Å²) in [5, 5.41) is 7.12. The van der Waals surface area contributed by atoms with Crippen LogP contribution in [-0.4, -0.2) is 35.8 Å². The summed E-state index contributed by atoms with van der Waals surface area (Å²) in [6.45, 7) is 3.64. The average molecular weight is 438 g/mol. The summed E-state index contributed by atoms with van der Waals surface area (Å²) in [6, 6.07) is 13.7. The van der Waals surface area contributed by atoms with E-state index >= 15 is 0 Å². The number of rotatable bonds is 3. The van der Waals surface area contributed by atoms with Crippen LogP contribution in [0.4, 0.5) is 0 Å². The van der Waals surface area contributed by atoms with Crippen LogP contribution in [0, 0.1) is 5.92 Å². The highest BCUT2D eigenvalue weighted by Gasteiger charge is 2.46. The zero-order valence-electron chi connectivity index (χ0n) is 17.7. The van der Waals surface area contributed by atoms with E-state index in [4.69, 9.17) is 11.6 Å². The molecule has 5 rings (SSSR count). The summed E-state index contributed by atoms with van der Waals surface area (Å²) in [6.07, 6.45) is 3.58. The van der Waals surface area contributed by atoms with Gasteiger partial charge in [-0.05, 0) is 61.9 Å². The average Bonchev–Trinajstić information content (AvgIpc) is 2.79. The Morgan fingerprint density at radius 1 is 1.23 bits per heavy atom. The highest BCUT2D eigenvalue weighted by atomic mass is 35.5. The summed E-state index contributed by atoms with van der Waals surface area (Å²) in [5.41, 5.74) is 3.64. The molecule has 2 amide bonds. The number of nitrogens with one attached hydrogen (secondary N) is 2. The topological polar surface area (TPSA) is 61.4 Å². The van der Waals surface area contributed by atoms with Gasteiger partial charge in [0.2, 0.25) is 5.91 Å². The SMILES string of the molecule is C[C@@H](NC(=O)c1c(Cl)ccc2c1[C@@H]1C[C@H]3NCCC[C@H]3C(=O)N1CC2)c1ccccc1. The second kappa shape index (κ2) is 8.29. The maximum absolute atomic E-state index is 13.4. The predicted octanol–water partition coefficient (Wildman–Crippen LogP) is 4.03. The lowest BCUT2D eigenvalue weighted by Gasteiger charge is -2.49. The van der Waals surface area contributed by atoms with Crippen molar-refractivity contribution in [3.8, 4) is 0 Å². The Bertz CT molecular complexity index is 1010. The second-order valence-electron chi connectivity index (χ2n) is 8.94. The van der Waals surface area contributed by atoms with E-state index in [0.717, 1.165) is 48.9 Å². The van der Waals surface area contributed by atoms with Gasteiger partial charge in [-0.15, -0.1) is 0 Å². The molecule has 0 unspecified atom stereocenters. The maximum atomic E-state index is 13.4. The lowest BCUT2D eigenvalue weighted by molar-refractivity contribution is -0.145. The Morgan fingerprint density at radius 3 is 2.84 bits per heavy atom. The lowest BCUT2D eigenvalue weighted by Crippen LogP contribution is -2.58. The minimum atomic E-state index is -0.175. The molecule has 31 heavy (non-hydrogen) atoms. The molecule has 2 saturated heterocycles. The summed E-state index contributed by atoms with van der Waals surface area (Å²) in [7, 11) is 0. The minimum Gasteiger partial charge on any atom is -0.345 e. The molecule has 0 saturated carbocycles. The third-order valence-electron chi connectivity index (χ3n) is 7.15. The lowest BCUT2D eigenvalue weighted by atomic mass is 9.76. The number of piperidine rings is 2. The molecule has 4 atom stereocenters. The molecule has 162 valence electrons. The molecule has 0 aliphatic carbocycles. The summed E-state index contributed by atoms with van der Waals surface area (Å²) in [4.78, 5) is 28.7. The van der Waals surface area contributed by atoms with Gasteiger partial charge in [-0.1, -0.05) is 48.0 Å². The van der Waals surface area contributed by atoms with Gasteiger partial charge >= 0.3 is 0 Å². The molecule has 2 aromatic carbocycles. The number of amides is 2. The first-order valence-electron chi connectivity index (χ1n) is 11.3. The smallest absolute Gasteiger partial charge is 0.253 e. The van der Waals surface area contributed by atoms with Crippen LogP contribution in [-0.2, 0) is 11.2 Å². The van der Waals surface area contributed by atoms with Crippen LogP contribution in [0.25, 0.3) is 0 Å². The number of nitrogens with zero attached hydrogens (tertiary/aromatic N) is 1. The zero-order chi connectivity index (χ0) is 21.5. The molecular weight excluding hydrogens is 410 g/mol. The molecule has 3 heterocycles. The van der Waals surface area contributed by atoms with E-state index in [1.54, 1.807) is 0 Å². The predicted molar refractivity (Wildman–Crippen MR) is 121 cm³/mol. The Labute approximate surface area is 188 Å². The molecule has 2 N–H and O–H groups in total. The van der Waals surface area contributed by atoms with Gasteiger partial charge < -0.3 is 15.5 Å². The minimum absolute atomic E-state index is 0.0566. The normalized spacial score (nSPS) is 25.8. The van der Waals surface area contributed by atoms with Crippen LogP contribution in [0.15, 0.2) is 42.5 Å². The molecule has 3 aliphatic rings. The van der Waals surface area contributed by atoms with E-state index in [-0.39, 0.29) is 35.9 Å². The molecule has 0 bridgehead atoms. The van der Waals surface area contributed by atoms with Crippen molar-refractivity contribution in [1.29, 1.82) is 0 Å². The number of hydrogen-bond acceptors (Lipinski definition) is 3. The van der Waals surface area contributed by atoms with E-state index in [9.17, 15) is 9.59 Å². The highest BCUT2D eigenvalue weighted by Crippen LogP contribution is 2.44. The largest absolute Gasteiger partial charge is 0.345 e. The summed E-state index contributed by atoms with van der Waals surface area (Å²) >= 11 is 6.61. The first kappa shape index (κ1) is 20.5. The molecular formula is C25H28ClN3O2. The summed E-state index contributed by atoms with van der Waals surface area (Å²) in [5.74, 6) is 0.107. The van der Waals surface area contributed by atoms with E-state index in [1.165, 1.54) is 0 Å². The number of hydrogen-bond donors (Lipinski definition) is 2. The fraction of sp³-hybridized carbons (Fsp3) is 0.440. The van der Waals surface area contributed by atoms with Crippen LogP contribution in [0.2, 0.25) is 5.02 Å². The van der Waals surface area contributed by atoms with Crippen molar-refractivity contribution in [2.24, 2.45) is 5.92 Å². The van der Waals surface area contributed by atoms with Gasteiger partial charge in [-0.3, -0.25) is 9.59 Å². The van der Waals surface area contributed by atoms with E-state index in [1.807, 2.05) is 54.3 Å². The number of fused-ring (bicyclic) bond motifs is 4. The fourth-order valence-electron chi connectivity index (χ4n) is 5.57. The molecule has 6 heteroatoms. The van der Waals surface area contributed by atoms with Crippen molar-refractivity contribution >= 4 is 23.4 Å². The van der Waals surface area contributed by atoms with Crippen LogP contribution in [0.5, 0.6) is 0 Å². The van der Waals surface area contributed by atoms with Crippen molar-refractivity contribution in [3.05, 3.63) is 69.7 Å². The summed E-state index contributed by atoms with van der Waals surface area (Å²) < 4.78 is 0. The molecule has 5 nitrogen and oxygen atoms in total.